The minimum atomic E-state index is -0.697. The maximum Gasteiger partial charge on any atom is 0.329 e. The number of hydrogen-bond acceptors (Lipinski definition) is 5. The minimum Gasteiger partial charge on any atom is -0.464 e. The predicted octanol–water partition coefficient (Wildman–Crippen LogP) is 1.97. The summed E-state index contributed by atoms with van der Waals surface area (Å²) in [6.07, 6.45) is -0.0684. The van der Waals surface area contributed by atoms with Crippen LogP contribution in [-0.4, -0.2) is 41.4 Å². The van der Waals surface area contributed by atoms with Gasteiger partial charge in [0.15, 0.2) is 0 Å². The van der Waals surface area contributed by atoms with Crippen LogP contribution in [0.15, 0.2) is 18.2 Å². The van der Waals surface area contributed by atoms with E-state index in [9.17, 15) is 18.8 Å². The van der Waals surface area contributed by atoms with Crippen LogP contribution in [0.2, 0.25) is 5.02 Å². The van der Waals surface area contributed by atoms with Crippen molar-refractivity contribution in [3.8, 4) is 0 Å². The second-order valence-electron chi connectivity index (χ2n) is 5.02. The molecule has 0 saturated carbocycles. The van der Waals surface area contributed by atoms with E-state index in [1.54, 1.807) is 6.92 Å². The van der Waals surface area contributed by atoms with E-state index in [2.05, 4.69) is 10.6 Å². The first-order chi connectivity index (χ1) is 11.4. The maximum absolute atomic E-state index is 13.1. The molecule has 24 heavy (non-hydrogen) atoms. The summed E-state index contributed by atoms with van der Waals surface area (Å²) in [6.45, 7) is 1.92. The summed E-state index contributed by atoms with van der Waals surface area (Å²) in [5, 5.41) is 4.40. The van der Waals surface area contributed by atoms with Crippen LogP contribution < -0.4 is 10.6 Å². The van der Waals surface area contributed by atoms with Gasteiger partial charge in [0.1, 0.15) is 11.9 Å². The molecule has 0 aromatic heterocycles. The van der Waals surface area contributed by atoms with Gasteiger partial charge in [-0.25, -0.2) is 9.18 Å². The number of thioether (sulfide) groups is 1. The molecule has 9 heteroatoms. The fourth-order valence-corrected chi connectivity index (χ4v) is 3.38. The van der Waals surface area contributed by atoms with Gasteiger partial charge in [-0.1, -0.05) is 11.6 Å². The first kappa shape index (κ1) is 18.5. The van der Waals surface area contributed by atoms with Crippen LogP contribution in [0.3, 0.4) is 0 Å². The number of nitrogens with one attached hydrogen (secondary N) is 2. The fraction of sp³-hybridized carbons (Fsp3) is 0.400. The van der Waals surface area contributed by atoms with E-state index >= 15 is 0 Å². The van der Waals surface area contributed by atoms with Crippen LogP contribution in [0.1, 0.15) is 13.3 Å². The Bertz CT molecular complexity index is 658. The summed E-state index contributed by atoms with van der Waals surface area (Å²) in [6, 6.07) is 3.12. The molecule has 2 amide bonds. The third-order valence-electron chi connectivity index (χ3n) is 3.22. The smallest absolute Gasteiger partial charge is 0.329 e. The van der Waals surface area contributed by atoms with Gasteiger partial charge in [0, 0.05) is 17.9 Å². The highest BCUT2D eigenvalue weighted by molar-refractivity contribution is 8.00. The highest BCUT2D eigenvalue weighted by Gasteiger charge is 2.34. The second kappa shape index (κ2) is 8.34. The summed E-state index contributed by atoms with van der Waals surface area (Å²) in [5.41, 5.74) is 0.344. The number of amides is 2. The normalized spacial score (nSPS) is 20.2. The van der Waals surface area contributed by atoms with Crippen molar-refractivity contribution in [3.05, 3.63) is 29.0 Å². The number of carbonyl (C=O) groups is 3. The molecule has 1 saturated heterocycles. The number of ether oxygens (including phenoxy) is 1. The molecule has 1 aromatic rings. The topological polar surface area (TPSA) is 84.5 Å². The van der Waals surface area contributed by atoms with Crippen molar-refractivity contribution >= 4 is 46.8 Å². The zero-order valence-electron chi connectivity index (χ0n) is 12.8. The summed E-state index contributed by atoms with van der Waals surface area (Å²) in [7, 11) is 0. The maximum atomic E-state index is 13.1. The molecule has 1 aromatic carbocycles. The molecule has 6 nitrogen and oxygen atoms in total. The molecular formula is C15H16ClFN2O4S. The van der Waals surface area contributed by atoms with Gasteiger partial charge in [-0.15, -0.1) is 11.8 Å². The average molecular weight is 375 g/mol. The van der Waals surface area contributed by atoms with Crippen molar-refractivity contribution in [2.45, 2.75) is 24.6 Å². The number of rotatable bonds is 5. The van der Waals surface area contributed by atoms with Gasteiger partial charge in [0.25, 0.3) is 0 Å². The molecule has 0 spiro atoms. The Labute approximate surface area is 147 Å². The number of anilines is 1. The Kier molecular flexibility index (Phi) is 6.44. The number of hydrogen-bond donors (Lipinski definition) is 2. The van der Waals surface area contributed by atoms with Crippen LogP contribution in [-0.2, 0) is 19.1 Å². The second-order valence-corrected chi connectivity index (χ2v) is 6.66. The molecule has 0 bridgehead atoms. The third kappa shape index (κ3) is 4.85. The lowest BCUT2D eigenvalue weighted by atomic mass is 10.2. The van der Waals surface area contributed by atoms with E-state index < -0.39 is 34.9 Å². The van der Waals surface area contributed by atoms with Gasteiger partial charge in [-0.3, -0.25) is 9.59 Å². The SMILES string of the molecule is CCOC(=O)[C@@H]1CS[C@@H](CC(=O)Nc2ccc(F)c(Cl)c2)C(=O)N1. The van der Waals surface area contributed by atoms with Gasteiger partial charge in [-0.2, -0.15) is 0 Å². The van der Waals surface area contributed by atoms with Crippen LogP contribution in [0.4, 0.5) is 10.1 Å². The first-order valence-electron chi connectivity index (χ1n) is 7.24. The molecule has 2 atom stereocenters. The fourth-order valence-electron chi connectivity index (χ4n) is 2.07. The highest BCUT2D eigenvalue weighted by atomic mass is 35.5. The van der Waals surface area contributed by atoms with E-state index in [0.29, 0.717) is 11.4 Å². The number of esters is 1. The van der Waals surface area contributed by atoms with Crippen LogP contribution in [0, 0.1) is 5.82 Å². The average Bonchev–Trinajstić information content (AvgIpc) is 2.53. The quantitative estimate of drug-likeness (QED) is 0.770. The molecule has 130 valence electrons. The third-order valence-corrected chi connectivity index (χ3v) is 4.82. The largest absolute Gasteiger partial charge is 0.464 e. The zero-order valence-corrected chi connectivity index (χ0v) is 14.4. The summed E-state index contributed by atoms with van der Waals surface area (Å²) in [5.74, 6) is -1.52. The molecule has 1 fully saturated rings. The Morgan fingerprint density at radius 1 is 1.50 bits per heavy atom. The van der Waals surface area contributed by atoms with Gasteiger partial charge >= 0.3 is 5.97 Å². The lowest BCUT2D eigenvalue weighted by Gasteiger charge is -2.27. The van der Waals surface area contributed by atoms with E-state index in [1.807, 2.05) is 0 Å². The molecule has 1 heterocycles. The minimum absolute atomic E-state index is 0.0684. The summed E-state index contributed by atoms with van der Waals surface area (Å²) in [4.78, 5) is 35.6. The molecule has 1 aliphatic rings. The van der Waals surface area contributed by atoms with E-state index in [0.717, 1.165) is 6.07 Å². The molecule has 0 unspecified atom stereocenters. The Morgan fingerprint density at radius 3 is 2.88 bits per heavy atom. The first-order valence-corrected chi connectivity index (χ1v) is 8.67. The van der Waals surface area contributed by atoms with Crippen molar-refractivity contribution in [2.75, 3.05) is 17.7 Å². The van der Waals surface area contributed by atoms with Crippen LogP contribution >= 0.6 is 23.4 Å². The standard InChI is InChI=1S/C15H16ClFN2O4S/c1-2-23-15(22)11-7-24-12(14(21)19-11)6-13(20)18-8-3-4-10(17)9(16)5-8/h3-5,11-12H,2,6-7H2,1H3,(H,18,20)(H,19,21)/t11-,12-/m0/s1. The molecule has 0 aliphatic carbocycles. The molecular weight excluding hydrogens is 359 g/mol. The monoisotopic (exact) mass is 374 g/mol. The predicted molar refractivity (Wildman–Crippen MR) is 89.5 cm³/mol. The number of carbonyl (C=O) groups excluding carboxylic acids is 3. The van der Waals surface area contributed by atoms with Gasteiger partial charge < -0.3 is 15.4 Å². The van der Waals surface area contributed by atoms with E-state index in [4.69, 9.17) is 16.3 Å². The molecule has 2 rings (SSSR count). The van der Waals surface area contributed by atoms with Crippen LogP contribution in [0.25, 0.3) is 0 Å². The molecule has 0 radical (unpaired) electrons. The van der Waals surface area contributed by atoms with Crippen molar-refractivity contribution < 1.29 is 23.5 Å². The van der Waals surface area contributed by atoms with Gasteiger partial charge in [0.05, 0.1) is 16.9 Å². The molecule has 1 aliphatic heterocycles. The van der Waals surface area contributed by atoms with Crippen LogP contribution in [0.5, 0.6) is 0 Å². The number of halogens is 2. The number of benzene rings is 1. The van der Waals surface area contributed by atoms with Crippen molar-refractivity contribution in [1.29, 1.82) is 0 Å². The van der Waals surface area contributed by atoms with Crippen molar-refractivity contribution in [2.24, 2.45) is 0 Å². The van der Waals surface area contributed by atoms with Gasteiger partial charge in [-0.05, 0) is 25.1 Å². The zero-order chi connectivity index (χ0) is 17.7. The Morgan fingerprint density at radius 2 is 2.25 bits per heavy atom. The molecule has 2 N–H and O–H groups in total. The lowest BCUT2D eigenvalue weighted by molar-refractivity contribution is -0.146. The van der Waals surface area contributed by atoms with Gasteiger partial charge in [0.2, 0.25) is 11.8 Å². The summed E-state index contributed by atoms with van der Waals surface area (Å²) >= 11 is 6.86. The highest BCUT2D eigenvalue weighted by Crippen LogP contribution is 2.23. The Hall–Kier alpha value is -1.80. The van der Waals surface area contributed by atoms with E-state index in [1.165, 1.54) is 23.9 Å². The van der Waals surface area contributed by atoms with Crippen molar-refractivity contribution in [3.63, 3.8) is 0 Å². The van der Waals surface area contributed by atoms with E-state index in [-0.39, 0.29) is 18.1 Å². The lowest BCUT2D eigenvalue weighted by Crippen LogP contribution is -2.51. The Balaban J connectivity index is 1.87. The van der Waals surface area contributed by atoms with Crippen molar-refractivity contribution in [1.82, 2.24) is 5.32 Å². The summed E-state index contributed by atoms with van der Waals surface area (Å²) < 4.78 is 17.9.